The van der Waals surface area contributed by atoms with Gasteiger partial charge < -0.3 is 33.2 Å². The number of aromatic nitrogens is 1. The molecule has 8 nitrogen and oxygen atoms in total. The van der Waals surface area contributed by atoms with Gasteiger partial charge in [-0.15, -0.1) is 11.3 Å². The average molecular weight is 614 g/mol. The van der Waals surface area contributed by atoms with Crippen molar-refractivity contribution in [3.05, 3.63) is 90.0 Å². The van der Waals surface area contributed by atoms with Gasteiger partial charge in [0.05, 0.1) is 38.7 Å². The highest BCUT2D eigenvalue weighted by atomic mass is 32.1. The number of hydrogen-bond donors (Lipinski definition) is 0. The summed E-state index contributed by atoms with van der Waals surface area (Å²) in [5, 5.41) is 0.930. The van der Waals surface area contributed by atoms with Crippen LogP contribution in [0.15, 0.2) is 78.9 Å². The molecule has 0 aliphatic carbocycles. The van der Waals surface area contributed by atoms with Gasteiger partial charge in [-0.2, -0.15) is 0 Å². The smallest absolute Gasteiger partial charge is 0.203 e. The summed E-state index contributed by atoms with van der Waals surface area (Å²) in [5.41, 5.74) is 3.83. The molecule has 228 valence electrons. The average Bonchev–Trinajstić information content (AvgIpc) is 3.51. The molecule has 0 aliphatic heterocycles. The maximum absolute atomic E-state index is 6.10. The molecule has 0 radical (unpaired) electrons. The highest BCUT2D eigenvalue weighted by Gasteiger charge is 2.15. The van der Waals surface area contributed by atoms with Gasteiger partial charge in [0.25, 0.3) is 0 Å². The summed E-state index contributed by atoms with van der Waals surface area (Å²) in [6.45, 7) is 0.594. The van der Waals surface area contributed by atoms with Crippen molar-refractivity contribution in [1.82, 2.24) is 4.98 Å². The van der Waals surface area contributed by atoms with Crippen LogP contribution in [0.3, 0.4) is 0 Å². The highest BCUT2D eigenvalue weighted by Crippen LogP contribution is 2.39. The van der Waals surface area contributed by atoms with Crippen molar-refractivity contribution in [1.29, 1.82) is 0 Å². The van der Waals surface area contributed by atoms with Crippen LogP contribution in [-0.2, 0) is 4.74 Å². The Morgan fingerprint density at radius 2 is 1.39 bits per heavy atom. The first-order valence-electron chi connectivity index (χ1n) is 14.0. The zero-order valence-corrected chi connectivity index (χ0v) is 26.2. The molecule has 4 aromatic carbocycles. The number of para-hydroxylation sites is 1. The largest absolute Gasteiger partial charge is 0.493 e. The van der Waals surface area contributed by atoms with E-state index in [1.807, 2.05) is 84.9 Å². The van der Waals surface area contributed by atoms with E-state index < -0.39 is 0 Å². The van der Waals surface area contributed by atoms with Crippen molar-refractivity contribution in [3.63, 3.8) is 0 Å². The van der Waals surface area contributed by atoms with Gasteiger partial charge in [0.2, 0.25) is 5.75 Å². The fourth-order valence-corrected chi connectivity index (χ4v) is 5.53. The number of fused-ring (bicyclic) bond motifs is 1. The first-order valence-corrected chi connectivity index (χ1v) is 14.8. The van der Waals surface area contributed by atoms with E-state index in [4.69, 9.17) is 38.1 Å². The molecule has 9 heteroatoms. The number of benzene rings is 4. The molecular formula is C35H35NO7S. The lowest BCUT2D eigenvalue weighted by atomic mass is 10.1. The molecule has 1 heterocycles. The first-order chi connectivity index (χ1) is 21.5. The fraction of sp³-hybridized carbons (Fsp3) is 0.229. The molecular weight excluding hydrogens is 578 g/mol. The predicted octanol–water partition coefficient (Wildman–Crippen LogP) is 7.64. The number of methoxy groups -OCH3 is 5. The molecule has 0 aliphatic rings. The van der Waals surface area contributed by atoms with Crippen LogP contribution in [0, 0.1) is 0 Å². The lowest BCUT2D eigenvalue weighted by molar-refractivity contribution is 0.0231. The Labute approximate surface area is 261 Å². The number of ether oxygens (including phenoxy) is 7. The van der Waals surface area contributed by atoms with E-state index in [-0.39, 0.29) is 12.7 Å². The van der Waals surface area contributed by atoms with E-state index in [1.165, 1.54) is 0 Å². The van der Waals surface area contributed by atoms with E-state index in [0.29, 0.717) is 35.4 Å². The summed E-state index contributed by atoms with van der Waals surface area (Å²) in [4.78, 5) is 4.75. The van der Waals surface area contributed by atoms with Crippen molar-refractivity contribution in [2.75, 3.05) is 48.8 Å². The van der Waals surface area contributed by atoms with Crippen LogP contribution in [0.1, 0.15) is 11.1 Å². The van der Waals surface area contributed by atoms with E-state index in [1.54, 1.807) is 46.9 Å². The zero-order valence-electron chi connectivity index (χ0n) is 25.4. The maximum Gasteiger partial charge on any atom is 0.203 e. The van der Waals surface area contributed by atoms with Crippen LogP contribution in [-0.4, -0.2) is 59.9 Å². The summed E-state index contributed by atoms with van der Waals surface area (Å²) in [7, 11) is 8.05. The van der Waals surface area contributed by atoms with Crippen LogP contribution in [0.4, 0.5) is 0 Å². The number of nitrogens with zero attached hydrogens (tertiary/aromatic N) is 1. The Hall–Kier alpha value is -4.73. The Kier molecular flexibility index (Phi) is 10.2. The van der Waals surface area contributed by atoms with E-state index in [2.05, 4.69) is 6.07 Å². The van der Waals surface area contributed by atoms with Crippen LogP contribution < -0.4 is 28.4 Å². The van der Waals surface area contributed by atoms with Crippen LogP contribution in [0.25, 0.3) is 32.9 Å². The minimum Gasteiger partial charge on any atom is -0.493 e. The molecule has 0 N–H and O–H groups in total. The molecule has 0 bridgehead atoms. The SMILES string of the molecule is COc1cc(-c2nc3ccccc3s2)ccc1OCC(COc1cccc(C=Cc2cc(OC)c(OC)c(OC)c2)c1)OC. The van der Waals surface area contributed by atoms with Gasteiger partial charge in [-0.05, 0) is 65.7 Å². The third-order valence-electron chi connectivity index (χ3n) is 6.91. The minimum atomic E-state index is -0.304. The second-order valence-electron chi connectivity index (χ2n) is 9.70. The van der Waals surface area contributed by atoms with Crippen molar-refractivity contribution in [2.45, 2.75) is 6.10 Å². The lowest BCUT2D eigenvalue weighted by Gasteiger charge is -2.18. The maximum atomic E-state index is 6.10. The molecule has 0 saturated carbocycles. The molecule has 0 spiro atoms. The van der Waals surface area contributed by atoms with Crippen LogP contribution >= 0.6 is 11.3 Å². The first kappa shape index (κ1) is 30.7. The second-order valence-corrected chi connectivity index (χ2v) is 10.7. The van der Waals surface area contributed by atoms with Crippen LogP contribution in [0.2, 0.25) is 0 Å². The van der Waals surface area contributed by atoms with E-state index in [0.717, 1.165) is 37.7 Å². The quantitative estimate of drug-likeness (QED) is 0.118. The van der Waals surface area contributed by atoms with Gasteiger partial charge in [-0.3, -0.25) is 0 Å². The van der Waals surface area contributed by atoms with E-state index >= 15 is 0 Å². The highest BCUT2D eigenvalue weighted by molar-refractivity contribution is 7.21. The van der Waals surface area contributed by atoms with Gasteiger partial charge in [0.1, 0.15) is 30.1 Å². The Morgan fingerprint density at radius 1 is 0.659 bits per heavy atom. The molecule has 5 rings (SSSR count). The lowest BCUT2D eigenvalue weighted by Crippen LogP contribution is -2.27. The summed E-state index contributed by atoms with van der Waals surface area (Å²) in [6.07, 6.45) is 3.67. The van der Waals surface area contributed by atoms with Crippen molar-refractivity contribution >= 4 is 33.7 Å². The molecule has 0 amide bonds. The fourth-order valence-electron chi connectivity index (χ4n) is 4.57. The predicted molar refractivity (Wildman–Crippen MR) is 175 cm³/mol. The summed E-state index contributed by atoms with van der Waals surface area (Å²) < 4.78 is 40.9. The Bertz CT molecular complexity index is 1670. The normalized spacial score (nSPS) is 11.8. The second kappa shape index (κ2) is 14.6. The summed E-state index contributed by atoms with van der Waals surface area (Å²) in [6, 6.07) is 25.5. The monoisotopic (exact) mass is 613 g/mol. The van der Waals surface area contributed by atoms with Crippen molar-refractivity contribution in [2.24, 2.45) is 0 Å². The number of thiazole rings is 1. The molecule has 1 atom stereocenters. The van der Waals surface area contributed by atoms with E-state index in [9.17, 15) is 0 Å². The third kappa shape index (κ3) is 7.24. The van der Waals surface area contributed by atoms with Gasteiger partial charge in [-0.25, -0.2) is 4.98 Å². The summed E-state index contributed by atoms with van der Waals surface area (Å²) >= 11 is 1.65. The summed E-state index contributed by atoms with van der Waals surface area (Å²) in [5.74, 6) is 3.72. The molecule has 1 unspecified atom stereocenters. The molecule has 44 heavy (non-hydrogen) atoms. The topological polar surface area (TPSA) is 77.5 Å². The van der Waals surface area contributed by atoms with Crippen molar-refractivity contribution < 1.29 is 33.2 Å². The third-order valence-corrected chi connectivity index (χ3v) is 8.00. The van der Waals surface area contributed by atoms with Crippen molar-refractivity contribution in [3.8, 4) is 45.1 Å². The number of hydrogen-bond acceptors (Lipinski definition) is 9. The molecule has 5 aromatic rings. The molecule has 0 fully saturated rings. The molecule has 1 aromatic heterocycles. The molecule has 0 saturated heterocycles. The van der Waals surface area contributed by atoms with Gasteiger partial charge in [0, 0.05) is 12.7 Å². The van der Waals surface area contributed by atoms with Gasteiger partial charge >= 0.3 is 0 Å². The zero-order chi connectivity index (χ0) is 30.9. The Balaban J connectivity index is 1.20. The van der Waals surface area contributed by atoms with Gasteiger partial charge in [-0.1, -0.05) is 36.4 Å². The minimum absolute atomic E-state index is 0.286. The standard InChI is InChI=1S/C35H35NO7S/c1-37-27(22-43-29-16-15-25(20-30(29)38-2)35-36-28-11-6-7-12-33(28)44-35)21-42-26-10-8-9-23(17-26)13-14-24-18-31(39-3)34(41-5)32(19-24)40-4/h6-20,27H,21-22H2,1-5H3. The van der Waals surface area contributed by atoms with Gasteiger partial charge in [0.15, 0.2) is 23.0 Å². The Morgan fingerprint density at radius 3 is 2.09 bits per heavy atom. The van der Waals surface area contributed by atoms with Crippen LogP contribution in [0.5, 0.6) is 34.5 Å². The number of rotatable bonds is 14.